The van der Waals surface area contributed by atoms with Crippen LogP contribution in [-0.2, 0) is 16.1 Å². The molecule has 0 aromatic carbocycles. The van der Waals surface area contributed by atoms with Gasteiger partial charge in [-0.2, -0.15) is 5.10 Å². The molecule has 0 unspecified atom stereocenters. The summed E-state index contributed by atoms with van der Waals surface area (Å²) in [4.78, 5) is 18.0. The Labute approximate surface area is 130 Å². The molecular weight excluding hydrogens is 284 g/mol. The fourth-order valence-electron chi connectivity index (χ4n) is 3.42. The van der Waals surface area contributed by atoms with Crippen molar-refractivity contribution >= 4 is 5.91 Å². The molecule has 1 aromatic heterocycles. The highest BCUT2D eigenvalue weighted by Gasteiger charge is 2.44. The molecule has 0 radical (unpaired) electrons. The first kappa shape index (κ1) is 15.4. The molecule has 2 aliphatic heterocycles. The molecule has 1 N–H and O–H groups in total. The fraction of sp³-hybridized carbons (Fsp3) is 0.800. The predicted molar refractivity (Wildman–Crippen MR) is 79.0 cm³/mol. The van der Waals surface area contributed by atoms with Gasteiger partial charge in [-0.1, -0.05) is 0 Å². The van der Waals surface area contributed by atoms with Crippen LogP contribution in [0.5, 0.6) is 0 Å². The summed E-state index contributed by atoms with van der Waals surface area (Å²) in [5.41, 5.74) is -0.407. The van der Waals surface area contributed by atoms with Gasteiger partial charge < -0.3 is 14.7 Å². The van der Waals surface area contributed by atoms with E-state index in [1.54, 1.807) is 11.0 Å². The molecule has 3 rings (SSSR count). The number of carbonyl (C=O) groups is 1. The number of likely N-dealkylation sites (tertiary alicyclic amines) is 1. The third kappa shape index (κ3) is 3.30. The van der Waals surface area contributed by atoms with Crippen molar-refractivity contribution in [2.24, 2.45) is 0 Å². The quantitative estimate of drug-likeness (QED) is 0.880. The third-order valence-corrected chi connectivity index (χ3v) is 4.83. The highest BCUT2D eigenvalue weighted by Crippen LogP contribution is 2.35. The number of hydrogen-bond acceptors (Lipinski definition) is 5. The van der Waals surface area contributed by atoms with Crippen molar-refractivity contribution < 1.29 is 14.6 Å². The van der Waals surface area contributed by atoms with E-state index in [1.165, 1.54) is 6.33 Å². The van der Waals surface area contributed by atoms with E-state index in [1.807, 2.05) is 4.90 Å². The molecule has 122 valence electrons. The van der Waals surface area contributed by atoms with Crippen LogP contribution in [-0.4, -0.2) is 62.1 Å². The Morgan fingerprint density at radius 2 is 2.23 bits per heavy atom. The van der Waals surface area contributed by atoms with Crippen LogP contribution >= 0.6 is 0 Å². The summed E-state index contributed by atoms with van der Waals surface area (Å²) >= 11 is 0. The van der Waals surface area contributed by atoms with Crippen LogP contribution in [0.3, 0.4) is 0 Å². The monoisotopic (exact) mass is 308 g/mol. The van der Waals surface area contributed by atoms with E-state index in [0.29, 0.717) is 26.1 Å². The maximum absolute atomic E-state index is 12.3. The molecule has 1 atom stereocenters. The number of hydrogen-bond donors (Lipinski definition) is 1. The van der Waals surface area contributed by atoms with Crippen molar-refractivity contribution in [2.45, 2.75) is 56.8 Å². The van der Waals surface area contributed by atoms with Gasteiger partial charge in [-0.3, -0.25) is 9.48 Å². The zero-order valence-electron chi connectivity index (χ0n) is 12.9. The van der Waals surface area contributed by atoms with E-state index in [9.17, 15) is 9.90 Å². The SMILES string of the molecule is O=C(CCCn1cncn1)N1CCC2(CC1)OCCC[C@H]2O. The van der Waals surface area contributed by atoms with Crippen LogP contribution in [0.25, 0.3) is 0 Å². The van der Waals surface area contributed by atoms with Crippen LogP contribution in [0.2, 0.25) is 0 Å². The van der Waals surface area contributed by atoms with Crippen LogP contribution in [0.4, 0.5) is 0 Å². The van der Waals surface area contributed by atoms with E-state index < -0.39 is 5.60 Å². The van der Waals surface area contributed by atoms with Gasteiger partial charge in [0, 0.05) is 32.7 Å². The summed E-state index contributed by atoms with van der Waals surface area (Å²) in [6.45, 7) is 2.80. The first-order valence-corrected chi connectivity index (χ1v) is 8.12. The molecule has 0 saturated carbocycles. The second-order valence-electron chi connectivity index (χ2n) is 6.21. The van der Waals surface area contributed by atoms with Crippen molar-refractivity contribution in [1.82, 2.24) is 19.7 Å². The van der Waals surface area contributed by atoms with Crippen molar-refractivity contribution in [3.05, 3.63) is 12.7 Å². The summed E-state index contributed by atoms with van der Waals surface area (Å²) in [6.07, 6.45) is 7.29. The minimum atomic E-state index is -0.407. The number of nitrogens with zero attached hydrogens (tertiary/aromatic N) is 4. The highest BCUT2D eigenvalue weighted by molar-refractivity contribution is 5.76. The van der Waals surface area contributed by atoms with E-state index in [2.05, 4.69) is 10.1 Å². The Hall–Kier alpha value is -1.47. The van der Waals surface area contributed by atoms with Crippen molar-refractivity contribution in [3.8, 4) is 0 Å². The molecule has 0 bridgehead atoms. The number of rotatable bonds is 4. The Balaban J connectivity index is 1.43. The zero-order valence-corrected chi connectivity index (χ0v) is 12.9. The van der Waals surface area contributed by atoms with Crippen LogP contribution in [0.1, 0.15) is 38.5 Å². The van der Waals surface area contributed by atoms with Gasteiger partial charge in [0.15, 0.2) is 0 Å². The van der Waals surface area contributed by atoms with Gasteiger partial charge in [-0.15, -0.1) is 0 Å². The average molecular weight is 308 g/mol. The number of aliphatic hydroxyl groups is 1. The number of ether oxygens (including phenoxy) is 1. The van der Waals surface area contributed by atoms with E-state index in [4.69, 9.17) is 4.74 Å². The third-order valence-electron chi connectivity index (χ3n) is 4.83. The molecule has 2 fully saturated rings. The zero-order chi connectivity index (χ0) is 15.4. The van der Waals surface area contributed by atoms with Crippen LogP contribution in [0, 0.1) is 0 Å². The van der Waals surface area contributed by atoms with Crippen LogP contribution < -0.4 is 0 Å². The largest absolute Gasteiger partial charge is 0.390 e. The second-order valence-corrected chi connectivity index (χ2v) is 6.21. The van der Waals surface area contributed by atoms with Gasteiger partial charge in [-0.25, -0.2) is 4.98 Å². The number of amides is 1. The van der Waals surface area contributed by atoms with Crippen LogP contribution in [0.15, 0.2) is 12.7 Å². The van der Waals surface area contributed by atoms with Crippen molar-refractivity contribution in [1.29, 1.82) is 0 Å². The molecule has 1 aromatic rings. The fourth-order valence-corrected chi connectivity index (χ4v) is 3.42. The number of piperidine rings is 1. The maximum Gasteiger partial charge on any atom is 0.222 e. The summed E-state index contributed by atoms with van der Waals surface area (Å²) in [5.74, 6) is 0.181. The molecular formula is C15H24N4O3. The van der Waals surface area contributed by atoms with Gasteiger partial charge in [-0.05, 0) is 32.1 Å². The summed E-state index contributed by atoms with van der Waals surface area (Å²) in [5, 5.41) is 14.2. The Morgan fingerprint density at radius 1 is 1.41 bits per heavy atom. The summed E-state index contributed by atoms with van der Waals surface area (Å²) in [6, 6.07) is 0. The maximum atomic E-state index is 12.3. The second kappa shape index (κ2) is 6.75. The molecule has 7 nitrogen and oxygen atoms in total. The lowest BCUT2D eigenvalue weighted by atomic mass is 9.82. The molecule has 1 amide bonds. The lowest BCUT2D eigenvalue weighted by molar-refractivity contribution is -0.179. The number of aryl methyl sites for hydroxylation is 1. The van der Waals surface area contributed by atoms with Crippen molar-refractivity contribution in [2.75, 3.05) is 19.7 Å². The summed E-state index contributed by atoms with van der Waals surface area (Å²) in [7, 11) is 0. The predicted octanol–water partition coefficient (Wildman–Crippen LogP) is 0.591. The average Bonchev–Trinajstić information content (AvgIpc) is 3.04. The minimum absolute atomic E-state index is 0.181. The molecule has 22 heavy (non-hydrogen) atoms. The molecule has 0 aliphatic carbocycles. The molecule has 2 saturated heterocycles. The lowest BCUT2D eigenvalue weighted by Crippen LogP contribution is -2.56. The van der Waals surface area contributed by atoms with Gasteiger partial charge in [0.1, 0.15) is 12.7 Å². The Kier molecular flexibility index (Phi) is 4.73. The lowest BCUT2D eigenvalue weighted by Gasteiger charge is -2.46. The standard InChI is InChI=1S/C15H24N4O3/c20-13-3-2-10-22-15(13)5-8-18(9-6-15)14(21)4-1-7-19-12-16-11-17-19/h11-13,20H,1-10H2/t13-/m1/s1. The number of aromatic nitrogens is 3. The number of carbonyl (C=O) groups excluding carboxylic acids is 1. The van der Waals surface area contributed by atoms with Crippen molar-refractivity contribution in [3.63, 3.8) is 0 Å². The Bertz CT molecular complexity index is 483. The normalized spacial score (nSPS) is 24.6. The molecule has 7 heteroatoms. The van der Waals surface area contributed by atoms with E-state index in [-0.39, 0.29) is 12.0 Å². The Morgan fingerprint density at radius 3 is 2.91 bits per heavy atom. The first-order chi connectivity index (χ1) is 10.7. The van der Waals surface area contributed by atoms with Gasteiger partial charge in [0.05, 0.1) is 11.7 Å². The number of aliphatic hydroxyl groups excluding tert-OH is 1. The van der Waals surface area contributed by atoms with Gasteiger partial charge in [0.2, 0.25) is 5.91 Å². The van der Waals surface area contributed by atoms with E-state index in [0.717, 1.165) is 38.7 Å². The highest BCUT2D eigenvalue weighted by atomic mass is 16.5. The topological polar surface area (TPSA) is 80.5 Å². The smallest absolute Gasteiger partial charge is 0.222 e. The minimum Gasteiger partial charge on any atom is -0.390 e. The summed E-state index contributed by atoms with van der Waals surface area (Å²) < 4.78 is 7.61. The molecule has 1 spiro atoms. The first-order valence-electron chi connectivity index (χ1n) is 8.12. The molecule has 2 aliphatic rings. The molecule has 3 heterocycles. The van der Waals surface area contributed by atoms with Gasteiger partial charge >= 0.3 is 0 Å². The van der Waals surface area contributed by atoms with Gasteiger partial charge in [0.25, 0.3) is 0 Å². The van der Waals surface area contributed by atoms with E-state index >= 15 is 0 Å².